The largest absolute Gasteiger partial charge is 0.510 e. The van der Waals surface area contributed by atoms with E-state index in [0.717, 1.165) is 4.90 Å². The molecule has 1 aromatic rings. The second-order valence-corrected chi connectivity index (χ2v) is 9.53. The number of guanidine groups is 1. The Hall–Kier alpha value is -3.35. The average molecular weight is 562 g/mol. The molecule has 0 aliphatic rings. The number of likely N-dealkylation sites (N-methyl/N-ethyl adjacent to an activating group) is 1. The Morgan fingerprint density at radius 2 is 1.45 bits per heavy atom. The van der Waals surface area contributed by atoms with Gasteiger partial charge in [0.05, 0.1) is 13.2 Å². The molecule has 0 aliphatic carbocycles. The van der Waals surface area contributed by atoms with Gasteiger partial charge < -0.3 is 29.0 Å². The summed E-state index contributed by atoms with van der Waals surface area (Å²) in [6.07, 6.45) is -4.11. The molecule has 0 heterocycles. The normalized spacial score (nSPS) is 14.7. The SMILES string of the molecule is CCCOC(=O)OC(C)OP(=O)(NC(=N)N(C)C(Cc1ccccc1)C(=O)O)OC(C)OC(=O)OCCC. The number of hydrogen-bond acceptors (Lipinski definition) is 11. The van der Waals surface area contributed by atoms with E-state index in [1.807, 2.05) is 0 Å². The van der Waals surface area contributed by atoms with Crippen LogP contribution in [0.3, 0.4) is 0 Å². The Kier molecular flexibility index (Phi) is 14.2. The molecule has 3 unspecified atom stereocenters. The second-order valence-electron chi connectivity index (χ2n) is 7.89. The Morgan fingerprint density at radius 1 is 0.974 bits per heavy atom. The minimum absolute atomic E-state index is 0.0221. The number of benzene rings is 1. The van der Waals surface area contributed by atoms with Crippen LogP contribution in [0.5, 0.6) is 0 Å². The highest BCUT2D eigenvalue weighted by molar-refractivity contribution is 7.52. The summed E-state index contributed by atoms with van der Waals surface area (Å²) in [7, 11) is -3.34. The summed E-state index contributed by atoms with van der Waals surface area (Å²) in [5, 5.41) is 20.3. The van der Waals surface area contributed by atoms with E-state index >= 15 is 0 Å². The number of nitrogens with one attached hydrogen (secondary N) is 2. The molecule has 38 heavy (non-hydrogen) atoms. The average Bonchev–Trinajstić information content (AvgIpc) is 2.84. The van der Waals surface area contributed by atoms with Gasteiger partial charge in [-0.15, -0.1) is 0 Å². The van der Waals surface area contributed by atoms with Gasteiger partial charge in [0.1, 0.15) is 6.04 Å². The minimum Gasteiger partial charge on any atom is -0.480 e. The summed E-state index contributed by atoms with van der Waals surface area (Å²) in [6, 6.07) is 7.48. The maximum absolute atomic E-state index is 13.6. The van der Waals surface area contributed by atoms with Gasteiger partial charge in [0.2, 0.25) is 18.5 Å². The quantitative estimate of drug-likeness (QED) is 0.0915. The first-order valence-electron chi connectivity index (χ1n) is 11.9. The number of carbonyl (C=O) groups is 3. The van der Waals surface area contributed by atoms with Gasteiger partial charge in [-0.05, 0) is 32.3 Å². The molecule has 0 amide bonds. The third kappa shape index (κ3) is 12.3. The van der Waals surface area contributed by atoms with Crippen molar-refractivity contribution < 1.29 is 52.1 Å². The van der Waals surface area contributed by atoms with Gasteiger partial charge >= 0.3 is 26.0 Å². The van der Waals surface area contributed by atoms with Crippen molar-refractivity contribution in [3.63, 3.8) is 0 Å². The first kappa shape index (κ1) is 32.7. The number of nitrogens with zero attached hydrogens (tertiary/aromatic N) is 1. The van der Waals surface area contributed by atoms with Crippen molar-refractivity contribution in [1.29, 1.82) is 5.41 Å². The van der Waals surface area contributed by atoms with Gasteiger partial charge in [0, 0.05) is 13.5 Å². The fourth-order valence-corrected chi connectivity index (χ4v) is 4.25. The van der Waals surface area contributed by atoms with Crippen molar-refractivity contribution in [2.24, 2.45) is 0 Å². The van der Waals surface area contributed by atoms with Crippen molar-refractivity contribution in [3.8, 4) is 0 Å². The summed E-state index contributed by atoms with van der Waals surface area (Å²) in [5.74, 6) is -1.90. The van der Waals surface area contributed by atoms with Gasteiger partial charge in [-0.1, -0.05) is 44.2 Å². The molecule has 3 atom stereocenters. The highest BCUT2D eigenvalue weighted by Gasteiger charge is 2.37. The number of hydrogen-bond donors (Lipinski definition) is 3. The molecule has 15 heteroatoms. The van der Waals surface area contributed by atoms with Crippen LogP contribution in [-0.2, 0) is 43.8 Å². The summed E-state index contributed by atoms with van der Waals surface area (Å²) >= 11 is 0. The number of rotatable bonds is 15. The lowest BCUT2D eigenvalue weighted by Gasteiger charge is -2.31. The van der Waals surface area contributed by atoms with E-state index in [0.29, 0.717) is 18.4 Å². The van der Waals surface area contributed by atoms with E-state index in [1.165, 1.54) is 20.9 Å². The maximum atomic E-state index is 13.6. The van der Waals surface area contributed by atoms with E-state index in [-0.39, 0.29) is 19.6 Å². The van der Waals surface area contributed by atoms with Crippen LogP contribution in [0.1, 0.15) is 46.1 Å². The molecule has 1 rings (SSSR count). The van der Waals surface area contributed by atoms with E-state index in [4.69, 9.17) is 33.4 Å². The number of carboxylic acids is 1. The van der Waals surface area contributed by atoms with Crippen LogP contribution in [-0.4, -0.2) is 73.1 Å². The summed E-state index contributed by atoms with van der Waals surface area (Å²) in [5.41, 5.74) is 0.690. The number of carboxylic acid groups (broad SMARTS) is 1. The molecule has 0 bridgehead atoms. The molecule has 214 valence electrons. The van der Waals surface area contributed by atoms with Gasteiger partial charge in [-0.25, -0.2) is 18.9 Å². The second kappa shape index (κ2) is 16.5. The zero-order chi connectivity index (χ0) is 28.7. The van der Waals surface area contributed by atoms with Crippen molar-refractivity contribution in [2.45, 2.75) is 65.6 Å². The fraction of sp³-hybridized carbons (Fsp3) is 0.565. The molecule has 0 aromatic heterocycles. The molecular weight excluding hydrogens is 525 g/mol. The molecule has 14 nitrogen and oxygen atoms in total. The first-order valence-corrected chi connectivity index (χ1v) is 13.4. The first-order chi connectivity index (χ1) is 17.9. The lowest BCUT2D eigenvalue weighted by molar-refractivity contribution is -0.141. The van der Waals surface area contributed by atoms with E-state index < -0.39 is 50.6 Å². The lowest BCUT2D eigenvalue weighted by atomic mass is 10.1. The molecule has 0 saturated carbocycles. The van der Waals surface area contributed by atoms with Crippen LogP contribution in [0.2, 0.25) is 0 Å². The van der Waals surface area contributed by atoms with Crippen LogP contribution < -0.4 is 5.09 Å². The highest BCUT2D eigenvalue weighted by Crippen LogP contribution is 2.47. The summed E-state index contributed by atoms with van der Waals surface area (Å²) < 4.78 is 43.4. The van der Waals surface area contributed by atoms with E-state index in [1.54, 1.807) is 44.2 Å². The molecular formula is C23H36N3O11P. The number of carbonyl (C=O) groups excluding carboxylic acids is 2. The zero-order valence-electron chi connectivity index (χ0n) is 22.1. The molecule has 0 spiro atoms. The predicted molar refractivity (Wildman–Crippen MR) is 134 cm³/mol. The maximum Gasteiger partial charge on any atom is 0.510 e. The monoisotopic (exact) mass is 561 g/mol. The van der Waals surface area contributed by atoms with Crippen LogP contribution in [0.25, 0.3) is 0 Å². The van der Waals surface area contributed by atoms with Crippen molar-refractivity contribution in [1.82, 2.24) is 9.99 Å². The summed E-state index contributed by atoms with van der Waals surface area (Å²) in [4.78, 5) is 36.5. The van der Waals surface area contributed by atoms with Crippen molar-refractivity contribution in [3.05, 3.63) is 35.9 Å². The molecule has 0 radical (unpaired) electrons. The highest BCUT2D eigenvalue weighted by atomic mass is 31.2. The van der Waals surface area contributed by atoms with E-state index in [9.17, 15) is 24.1 Å². The standard InChI is InChI=1S/C23H36N3O11P/c1-6-13-32-22(29)34-16(3)36-38(31,37-17(4)35-23(30)33-14-7-2)25-21(24)26(5)19(20(27)28)15-18-11-9-8-10-12-18/h8-12,16-17,19H,6-7,13-15H2,1-5H3,(H,27,28)(H2,24,25,31). The Bertz CT molecular complexity index is 929. The topological polar surface area (TPSA) is 183 Å². The van der Waals surface area contributed by atoms with Gasteiger partial charge in [0.25, 0.3) is 0 Å². The Balaban J connectivity index is 3.04. The fourth-order valence-electron chi connectivity index (χ4n) is 2.81. The predicted octanol–water partition coefficient (Wildman–Crippen LogP) is 4.10. The van der Waals surface area contributed by atoms with E-state index in [2.05, 4.69) is 5.09 Å². The van der Waals surface area contributed by atoms with Crippen molar-refractivity contribution in [2.75, 3.05) is 20.3 Å². The number of aliphatic carboxylic acids is 1. The smallest absolute Gasteiger partial charge is 0.480 e. The van der Waals surface area contributed by atoms with Crippen LogP contribution >= 0.6 is 7.75 Å². The third-order valence-corrected chi connectivity index (χ3v) is 6.20. The lowest BCUT2D eigenvalue weighted by Crippen LogP contribution is -2.48. The van der Waals surface area contributed by atoms with Gasteiger partial charge in [0.15, 0.2) is 0 Å². The van der Waals surface area contributed by atoms with Gasteiger partial charge in [-0.3, -0.25) is 19.5 Å². The number of ether oxygens (including phenoxy) is 4. The molecule has 1 aromatic carbocycles. The van der Waals surface area contributed by atoms with Crippen LogP contribution in [0.4, 0.5) is 9.59 Å². The van der Waals surface area contributed by atoms with Crippen LogP contribution in [0.15, 0.2) is 30.3 Å². The van der Waals surface area contributed by atoms with Gasteiger partial charge in [-0.2, -0.15) is 0 Å². The Labute approximate surface area is 221 Å². The zero-order valence-corrected chi connectivity index (χ0v) is 23.0. The molecule has 0 aliphatic heterocycles. The molecule has 0 saturated heterocycles. The Morgan fingerprint density at radius 3 is 1.87 bits per heavy atom. The minimum atomic E-state index is -4.63. The third-order valence-electron chi connectivity index (χ3n) is 4.57. The van der Waals surface area contributed by atoms with Crippen molar-refractivity contribution >= 4 is 32.0 Å². The molecule has 3 N–H and O–H groups in total. The summed E-state index contributed by atoms with van der Waals surface area (Å²) in [6.45, 7) is 6.14. The molecule has 0 fully saturated rings. The van der Waals surface area contributed by atoms with Crippen LogP contribution in [0, 0.1) is 5.41 Å².